The topological polar surface area (TPSA) is 110 Å². The molecule has 0 aliphatic heterocycles. The summed E-state index contributed by atoms with van der Waals surface area (Å²) in [5.74, 6) is 0.394. The normalized spacial score (nSPS) is 19.8. The summed E-state index contributed by atoms with van der Waals surface area (Å²) < 4.78 is 0. The first-order valence-corrected chi connectivity index (χ1v) is 10.1. The van der Waals surface area contributed by atoms with Crippen LogP contribution in [0.25, 0.3) is 0 Å². The monoisotopic (exact) mass is 399 g/mol. The molecule has 0 heterocycles. The number of thioether (sulfide) groups is 1. The van der Waals surface area contributed by atoms with Crippen LogP contribution in [0.5, 0.6) is 0 Å². The Morgan fingerprint density at radius 1 is 1.43 bits per heavy atom. The molecule has 7 nitrogen and oxygen atoms in total. The molecule has 3 N–H and O–H groups in total. The van der Waals surface area contributed by atoms with Gasteiger partial charge in [0, 0.05) is 30.3 Å². The summed E-state index contributed by atoms with van der Waals surface area (Å²) in [4.78, 5) is 17.0. The van der Waals surface area contributed by atoms with E-state index >= 15 is 0 Å². The van der Waals surface area contributed by atoms with Crippen molar-refractivity contribution in [1.29, 1.82) is 5.26 Å². The molecule has 1 aliphatic rings. The highest BCUT2D eigenvalue weighted by Gasteiger charge is 2.38. The second-order valence-corrected chi connectivity index (χ2v) is 7.33. The molecule has 1 unspecified atom stereocenters. The zero-order valence-corrected chi connectivity index (χ0v) is 17.1. The van der Waals surface area contributed by atoms with Crippen molar-refractivity contribution in [3.05, 3.63) is 41.1 Å². The zero-order valence-electron chi connectivity index (χ0n) is 16.3. The third kappa shape index (κ3) is 5.94. The van der Waals surface area contributed by atoms with E-state index in [4.69, 9.17) is 5.11 Å². The van der Waals surface area contributed by atoms with Crippen molar-refractivity contribution < 1.29 is 9.90 Å². The molecule has 0 radical (unpaired) electrons. The molecule has 0 bridgehead atoms. The van der Waals surface area contributed by atoms with Crippen LogP contribution in [0.1, 0.15) is 31.2 Å². The van der Waals surface area contributed by atoms with Crippen LogP contribution in [0.15, 0.2) is 50.5 Å². The lowest BCUT2D eigenvalue weighted by molar-refractivity contribution is -0.118. The second-order valence-electron chi connectivity index (χ2n) is 6.45. The summed E-state index contributed by atoms with van der Waals surface area (Å²) in [6, 6.07) is 10.7. The fraction of sp³-hybridized carbons (Fsp3) is 0.400. The molecule has 148 valence electrons. The molecule has 0 spiro atoms. The minimum Gasteiger partial charge on any atom is -0.376 e. The molecule has 1 aromatic rings. The van der Waals surface area contributed by atoms with Gasteiger partial charge in [0.1, 0.15) is 18.5 Å². The minimum absolute atomic E-state index is 0.246. The number of aliphatic hydroxyl groups is 1. The SMILES string of the molecule is CN=CC(C(=O)NCO)=C(C)N/N=C(/C#N)CC1C[C@@H]1c1ccc(SC)cc1. The van der Waals surface area contributed by atoms with Crippen LogP contribution in [-0.2, 0) is 4.79 Å². The summed E-state index contributed by atoms with van der Waals surface area (Å²) in [5.41, 5.74) is 5.15. The highest BCUT2D eigenvalue weighted by atomic mass is 32.2. The number of aliphatic imine (C=N–C) groups is 1. The van der Waals surface area contributed by atoms with Crippen molar-refractivity contribution in [1.82, 2.24) is 10.7 Å². The van der Waals surface area contributed by atoms with Crippen LogP contribution < -0.4 is 10.7 Å². The van der Waals surface area contributed by atoms with Gasteiger partial charge in [0.15, 0.2) is 0 Å². The van der Waals surface area contributed by atoms with Crippen LogP contribution in [0.3, 0.4) is 0 Å². The molecule has 0 saturated heterocycles. The van der Waals surface area contributed by atoms with E-state index in [1.807, 2.05) is 0 Å². The Labute approximate surface area is 169 Å². The highest BCUT2D eigenvalue weighted by molar-refractivity contribution is 7.98. The van der Waals surface area contributed by atoms with Crippen molar-refractivity contribution in [2.45, 2.75) is 30.6 Å². The summed E-state index contributed by atoms with van der Waals surface area (Å²) in [5, 5.41) is 24.7. The number of rotatable bonds is 9. The Morgan fingerprint density at radius 2 is 2.14 bits per heavy atom. The number of hydrogen-bond acceptors (Lipinski definition) is 7. The largest absolute Gasteiger partial charge is 0.376 e. The van der Waals surface area contributed by atoms with Crippen molar-refractivity contribution in [3.8, 4) is 6.07 Å². The molecule has 2 atom stereocenters. The summed E-state index contributed by atoms with van der Waals surface area (Å²) in [6.45, 7) is 1.19. The molecular formula is C20H25N5O2S. The standard InChI is InChI=1S/C20H25N5O2S/c1-13(19(11-22-2)20(27)23-12-26)24-25-16(10-21)8-15-9-18(15)14-4-6-17(28-3)7-5-14/h4-7,11,15,18,24,26H,8-9,12H2,1-3H3,(H,23,27)/b19-13?,22-11?,25-16+/t15?,18-/m1/s1. The number of benzene rings is 1. The number of hydrazone groups is 1. The second kappa shape index (κ2) is 10.6. The highest BCUT2D eigenvalue weighted by Crippen LogP contribution is 2.49. The van der Waals surface area contributed by atoms with Gasteiger partial charge in [-0.1, -0.05) is 12.1 Å². The Kier molecular flexibility index (Phi) is 8.23. The minimum atomic E-state index is -0.471. The predicted molar refractivity (Wildman–Crippen MR) is 112 cm³/mol. The first-order valence-electron chi connectivity index (χ1n) is 8.92. The van der Waals surface area contributed by atoms with Gasteiger partial charge in [-0.2, -0.15) is 10.4 Å². The van der Waals surface area contributed by atoms with Crippen molar-refractivity contribution in [2.75, 3.05) is 20.0 Å². The lowest BCUT2D eigenvalue weighted by Crippen LogP contribution is -2.28. The molecule has 8 heteroatoms. The van der Waals surface area contributed by atoms with E-state index in [9.17, 15) is 10.1 Å². The molecular weight excluding hydrogens is 374 g/mol. The van der Waals surface area contributed by atoms with E-state index in [2.05, 4.69) is 57.4 Å². The van der Waals surface area contributed by atoms with E-state index in [0.29, 0.717) is 29.7 Å². The maximum atomic E-state index is 11.9. The van der Waals surface area contributed by atoms with Gasteiger partial charge in [-0.05, 0) is 49.1 Å². The number of nitriles is 1. The Bertz CT molecular complexity index is 824. The average Bonchev–Trinajstić information content (AvgIpc) is 3.48. The number of amides is 1. The van der Waals surface area contributed by atoms with E-state index in [0.717, 1.165) is 6.42 Å². The van der Waals surface area contributed by atoms with Gasteiger partial charge in [0.25, 0.3) is 5.91 Å². The third-order valence-corrected chi connectivity index (χ3v) is 5.30. The quantitative estimate of drug-likeness (QED) is 0.194. The fourth-order valence-corrected chi connectivity index (χ4v) is 3.34. The van der Waals surface area contributed by atoms with E-state index in [1.165, 1.54) is 16.7 Å². The van der Waals surface area contributed by atoms with Gasteiger partial charge < -0.3 is 10.4 Å². The zero-order chi connectivity index (χ0) is 20.5. The van der Waals surface area contributed by atoms with E-state index < -0.39 is 12.6 Å². The molecule has 1 saturated carbocycles. The molecule has 1 fully saturated rings. The average molecular weight is 400 g/mol. The number of hydrogen-bond donors (Lipinski definition) is 3. The van der Waals surface area contributed by atoms with Gasteiger partial charge in [-0.3, -0.25) is 15.2 Å². The van der Waals surface area contributed by atoms with Gasteiger partial charge in [0.2, 0.25) is 0 Å². The molecule has 1 amide bonds. The first-order chi connectivity index (χ1) is 13.5. The maximum absolute atomic E-state index is 11.9. The predicted octanol–water partition coefficient (Wildman–Crippen LogP) is 2.41. The van der Waals surface area contributed by atoms with Crippen LogP contribution in [0.2, 0.25) is 0 Å². The van der Waals surface area contributed by atoms with Crippen LogP contribution in [0.4, 0.5) is 0 Å². The first kappa shape index (κ1) is 21.7. The Morgan fingerprint density at radius 3 is 2.71 bits per heavy atom. The Balaban J connectivity index is 2.01. The maximum Gasteiger partial charge on any atom is 0.256 e. The molecule has 2 rings (SSSR count). The summed E-state index contributed by atoms with van der Waals surface area (Å²) in [7, 11) is 1.54. The van der Waals surface area contributed by atoms with Crippen LogP contribution in [-0.4, -0.2) is 43.0 Å². The van der Waals surface area contributed by atoms with Crippen molar-refractivity contribution in [2.24, 2.45) is 16.0 Å². The van der Waals surface area contributed by atoms with Gasteiger partial charge >= 0.3 is 0 Å². The summed E-state index contributed by atoms with van der Waals surface area (Å²) >= 11 is 1.72. The van der Waals surface area contributed by atoms with Crippen molar-refractivity contribution in [3.63, 3.8) is 0 Å². The van der Waals surface area contributed by atoms with E-state index in [-0.39, 0.29) is 5.57 Å². The summed E-state index contributed by atoms with van der Waals surface area (Å²) in [6.07, 6.45) is 5.07. The number of nitrogens with zero attached hydrogens (tertiary/aromatic N) is 3. The van der Waals surface area contributed by atoms with Crippen LogP contribution in [0, 0.1) is 17.2 Å². The van der Waals surface area contributed by atoms with Gasteiger partial charge in [-0.25, -0.2) is 0 Å². The lowest BCUT2D eigenvalue weighted by Gasteiger charge is -2.08. The Hall–Kier alpha value is -2.63. The van der Waals surface area contributed by atoms with E-state index in [1.54, 1.807) is 25.7 Å². The smallest absolute Gasteiger partial charge is 0.256 e. The molecule has 28 heavy (non-hydrogen) atoms. The molecule has 0 aromatic heterocycles. The number of nitrogens with one attached hydrogen (secondary N) is 2. The number of carbonyl (C=O) groups excluding carboxylic acids is 1. The fourth-order valence-electron chi connectivity index (χ4n) is 2.93. The van der Waals surface area contributed by atoms with Crippen LogP contribution >= 0.6 is 11.8 Å². The van der Waals surface area contributed by atoms with Gasteiger partial charge in [0.05, 0.1) is 5.57 Å². The molecule has 1 aromatic carbocycles. The van der Waals surface area contributed by atoms with Crippen molar-refractivity contribution >= 4 is 29.6 Å². The third-order valence-electron chi connectivity index (χ3n) is 4.56. The number of allylic oxidation sites excluding steroid dienone is 1. The number of carbonyl (C=O) groups is 1. The molecule has 1 aliphatic carbocycles. The lowest BCUT2D eigenvalue weighted by atomic mass is 10.1. The number of aliphatic hydroxyl groups excluding tert-OH is 1. The van der Waals surface area contributed by atoms with Gasteiger partial charge in [-0.15, -0.1) is 11.8 Å².